The van der Waals surface area contributed by atoms with Gasteiger partial charge >= 0.3 is 11.9 Å². The van der Waals surface area contributed by atoms with E-state index in [2.05, 4.69) is 9.47 Å². The Hall–Kier alpha value is -1.62. The third-order valence-electron chi connectivity index (χ3n) is 2.42. The zero-order valence-corrected chi connectivity index (χ0v) is 8.35. The molecular formula is C10H10O5. The summed E-state index contributed by atoms with van der Waals surface area (Å²) in [5.74, 6) is -1.10. The van der Waals surface area contributed by atoms with Crippen LogP contribution >= 0.6 is 0 Å². The Morgan fingerprint density at radius 1 is 1.07 bits per heavy atom. The predicted octanol–water partition coefficient (Wildman–Crippen LogP) is -0.0338. The lowest BCUT2D eigenvalue weighted by molar-refractivity contribution is -0.139. The molecule has 15 heavy (non-hydrogen) atoms. The van der Waals surface area contributed by atoms with Crippen molar-refractivity contribution >= 4 is 11.9 Å². The van der Waals surface area contributed by atoms with E-state index in [9.17, 15) is 9.59 Å². The summed E-state index contributed by atoms with van der Waals surface area (Å²) < 4.78 is 14.5. The van der Waals surface area contributed by atoms with Crippen LogP contribution < -0.4 is 0 Å². The maximum atomic E-state index is 11.4. The Labute approximate surface area is 86.3 Å². The number of carbonyl (C=O) groups is 2. The molecule has 2 heterocycles. The molecule has 0 saturated carbocycles. The first-order valence-corrected chi connectivity index (χ1v) is 4.43. The van der Waals surface area contributed by atoms with Gasteiger partial charge in [0.1, 0.15) is 12.2 Å². The summed E-state index contributed by atoms with van der Waals surface area (Å²) in [5.41, 5.74) is 0.494. The molecule has 2 atom stereocenters. The van der Waals surface area contributed by atoms with E-state index in [1.54, 1.807) is 12.2 Å². The fourth-order valence-corrected chi connectivity index (χ4v) is 1.76. The topological polar surface area (TPSA) is 61.8 Å². The number of rotatable bonds is 2. The van der Waals surface area contributed by atoms with E-state index >= 15 is 0 Å². The predicted molar refractivity (Wildman–Crippen MR) is 48.9 cm³/mol. The average molecular weight is 210 g/mol. The first kappa shape index (κ1) is 9.92. The molecule has 80 valence electrons. The van der Waals surface area contributed by atoms with Gasteiger partial charge < -0.3 is 14.2 Å². The van der Waals surface area contributed by atoms with Gasteiger partial charge in [-0.15, -0.1) is 0 Å². The summed E-state index contributed by atoms with van der Waals surface area (Å²) in [6.07, 6.45) is 2.50. The summed E-state index contributed by atoms with van der Waals surface area (Å²) in [6.45, 7) is 0. The normalized spacial score (nSPS) is 27.1. The van der Waals surface area contributed by atoms with Gasteiger partial charge in [0.05, 0.1) is 25.4 Å². The molecule has 2 aliphatic rings. The van der Waals surface area contributed by atoms with Gasteiger partial charge in [-0.2, -0.15) is 0 Å². The van der Waals surface area contributed by atoms with Crippen LogP contribution in [0.5, 0.6) is 0 Å². The zero-order chi connectivity index (χ0) is 11.0. The molecule has 0 aliphatic carbocycles. The minimum absolute atomic E-state index is 0.247. The molecule has 0 aromatic rings. The van der Waals surface area contributed by atoms with Crippen molar-refractivity contribution in [1.29, 1.82) is 0 Å². The van der Waals surface area contributed by atoms with Gasteiger partial charge in [-0.1, -0.05) is 12.2 Å². The van der Waals surface area contributed by atoms with E-state index in [-0.39, 0.29) is 11.1 Å². The lowest BCUT2D eigenvalue weighted by atomic mass is 9.97. The van der Waals surface area contributed by atoms with Crippen LogP contribution in [-0.2, 0) is 23.8 Å². The maximum absolute atomic E-state index is 11.4. The summed E-state index contributed by atoms with van der Waals surface area (Å²) in [7, 11) is 2.53. The lowest BCUT2D eigenvalue weighted by Crippen LogP contribution is -2.20. The smallest absolute Gasteiger partial charge is 0.337 e. The quantitative estimate of drug-likeness (QED) is 0.473. The Balaban J connectivity index is 2.40. The number of ether oxygens (including phenoxy) is 3. The third kappa shape index (κ3) is 1.35. The van der Waals surface area contributed by atoms with Crippen molar-refractivity contribution < 1.29 is 23.8 Å². The van der Waals surface area contributed by atoms with Crippen LogP contribution in [0.15, 0.2) is 23.3 Å². The van der Waals surface area contributed by atoms with Gasteiger partial charge in [0.2, 0.25) is 0 Å². The number of esters is 2. The fourth-order valence-electron chi connectivity index (χ4n) is 1.76. The van der Waals surface area contributed by atoms with Crippen LogP contribution in [0, 0.1) is 0 Å². The molecule has 2 aliphatic heterocycles. The Bertz CT molecular complexity index is 345. The molecule has 0 amide bonds. The van der Waals surface area contributed by atoms with Gasteiger partial charge in [-0.3, -0.25) is 0 Å². The van der Waals surface area contributed by atoms with Crippen LogP contribution in [0.25, 0.3) is 0 Å². The largest absolute Gasteiger partial charge is 0.466 e. The molecule has 5 nitrogen and oxygen atoms in total. The molecule has 0 spiro atoms. The van der Waals surface area contributed by atoms with Crippen molar-refractivity contribution in [3.63, 3.8) is 0 Å². The molecule has 5 heteroatoms. The molecule has 2 bridgehead atoms. The van der Waals surface area contributed by atoms with Crippen LogP contribution in [0.2, 0.25) is 0 Å². The summed E-state index contributed by atoms with van der Waals surface area (Å²) in [6, 6.07) is 0. The first-order valence-electron chi connectivity index (χ1n) is 4.43. The zero-order valence-electron chi connectivity index (χ0n) is 8.35. The monoisotopic (exact) mass is 210 g/mol. The lowest BCUT2D eigenvalue weighted by Gasteiger charge is -2.09. The average Bonchev–Trinajstić information content (AvgIpc) is 2.86. The van der Waals surface area contributed by atoms with Crippen LogP contribution in [0.3, 0.4) is 0 Å². The highest BCUT2D eigenvalue weighted by Crippen LogP contribution is 2.35. The van der Waals surface area contributed by atoms with Crippen molar-refractivity contribution in [3.8, 4) is 0 Å². The highest BCUT2D eigenvalue weighted by Gasteiger charge is 2.43. The molecule has 2 unspecified atom stereocenters. The van der Waals surface area contributed by atoms with Crippen molar-refractivity contribution in [2.24, 2.45) is 0 Å². The van der Waals surface area contributed by atoms with Gasteiger partial charge in [-0.05, 0) is 0 Å². The molecule has 0 radical (unpaired) electrons. The molecule has 0 fully saturated rings. The summed E-state index contributed by atoms with van der Waals surface area (Å²) in [5, 5.41) is 0. The number of hydrogen-bond acceptors (Lipinski definition) is 5. The van der Waals surface area contributed by atoms with Gasteiger partial charge in [0, 0.05) is 0 Å². The number of methoxy groups -OCH3 is 2. The van der Waals surface area contributed by atoms with E-state index in [0.717, 1.165) is 0 Å². The van der Waals surface area contributed by atoms with Crippen molar-refractivity contribution in [2.75, 3.05) is 14.2 Å². The van der Waals surface area contributed by atoms with Gasteiger partial charge in [0.25, 0.3) is 0 Å². The molecule has 0 N–H and O–H groups in total. The fraction of sp³-hybridized carbons (Fsp3) is 0.400. The summed E-state index contributed by atoms with van der Waals surface area (Å²) in [4.78, 5) is 22.9. The van der Waals surface area contributed by atoms with E-state index in [4.69, 9.17) is 4.74 Å². The van der Waals surface area contributed by atoms with Crippen LogP contribution in [-0.4, -0.2) is 38.4 Å². The molecule has 0 aromatic carbocycles. The van der Waals surface area contributed by atoms with Crippen molar-refractivity contribution in [3.05, 3.63) is 23.3 Å². The van der Waals surface area contributed by atoms with Gasteiger partial charge in [-0.25, -0.2) is 9.59 Å². The Kier molecular flexibility index (Phi) is 2.32. The molecule has 0 saturated heterocycles. The van der Waals surface area contributed by atoms with E-state index in [1.165, 1.54) is 14.2 Å². The van der Waals surface area contributed by atoms with Crippen molar-refractivity contribution in [1.82, 2.24) is 0 Å². The maximum Gasteiger partial charge on any atom is 0.337 e. The van der Waals surface area contributed by atoms with E-state index < -0.39 is 24.1 Å². The van der Waals surface area contributed by atoms with Crippen molar-refractivity contribution in [2.45, 2.75) is 12.2 Å². The first-order chi connectivity index (χ1) is 7.19. The highest BCUT2D eigenvalue weighted by molar-refractivity contribution is 6.03. The van der Waals surface area contributed by atoms with Crippen LogP contribution in [0.1, 0.15) is 0 Å². The number of fused-ring (bicyclic) bond motifs is 2. The Morgan fingerprint density at radius 3 is 1.80 bits per heavy atom. The Morgan fingerprint density at radius 2 is 1.47 bits per heavy atom. The second kappa shape index (κ2) is 3.51. The minimum atomic E-state index is -0.549. The third-order valence-corrected chi connectivity index (χ3v) is 2.42. The summed E-state index contributed by atoms with van der Waals surface area (Å²) >= 11 is 0. The standard InChI is InChI=1S/C10H10O5/c1-13-9(11)7-5-3-4-6(15-5)8(7)10(12)14-2/h3-6H,1-2H3. The molecule has 2 rings (SSSR count). The van der Waals surface area contributed by atoms with Crippen LogP contribution in [0.4, 0.5) is 0 Å². The van der Waals surface area contributed by atoms with Gasteiger partial charge in [0.15, 0.2) is 0 Å². The minimum Gasteiger partial charge on any atom is -0.466 e. The highest BCUT2D eigenvalue weighted by atomic mass is 16.5. The van der Waals surface area contributed by atoms with E-state index in [1.807, 2.05) is 0 Å². The number of carbonyl (C=O) groups excluding carboxylic acids is 2. The number of hydrogen-bond donors (Lipinski definition) is 0. The second-order valence-corrected chi connectivity index (χ2v) is 3.17. The van der Waals surface area contributed by atoms with E-state index in [0.29, 0.717) is 0 Å². The second-order valence-electron chi connectivity index (χ2n) is 3.17. The molecule has 0 aromatic heterocycles. The molecular weight excluding hydrogens is 200 g/mol. The SMILES string of the molecule is COC(=O)C1=C(C(=O)OC)C2C=CC1O2.